The van der Waals surface area contributed by atoms with Gasteiger partial charge in [-0.05, 0) is 54.4 Å². The van der Waals surface area contributed by atoms with E-state index in [4.69, 9.17) is 9.72 Å². The summed E-state index contributed by atoms with van der Waals surface area (Å²) in [5, 5.41) is 10.8. The highest BCUT2D eigenvalue weighted by Gasteiger charge is 2.35. The van der Waals surface area contributed by atoms with Crippen LogP contribution in [0.3, 0.4) is 0 Å². The molecule has 180 valence electrons. The molecule has 3 aromatic carbocycles. The Balaban J connectivity index is 1.36. The molecule has 1 aliphatic rings. The Morgan fingerprint density at radius 1 is 1.11 bits per heavy atom. The number of anilines is 1. The van der Waals surface area contributed by atoms with Gasteiger partial charge in [0, 0.05) is 24.6 Å². The van der Waals surface area contributed by atoms with Crippen LogP contribution < -0.4 is 9.64 Å². The van der Waals surface area contributed by atoms with Crippen molar-refractivity contribution in [3.05, 3.63) is 90.0 Å². The Morgan fingerprint density at radius 2 is 1.91 bits per heavy atom. The SMILES string of the molecule is CCc1ccc(OCC(O)Cn2c(C3CC(=O)N(c4cccc(F)c4)C3)nc3ccccc32)cc1. The van der Waals surface area contributed by atoms with Crippen LogP contribution in [0.15, 0.2) is 72.8 Å². The molecule has 1 fully saturated rings. The number of benzene rings is 3. The highest BCUT2D eigenvalue weighted by Crippen LogP contribution is 2.33. The summed E-state index contributed by atoms with van der Waals surface area (Å²) >= 11 is 0. The van der Waals surface area contributed by atoms with E-state index in [1.54, 1.807) is 17.0 Å². The van der Waals surface area contributed by atoms with E-state index in [9.17, 15) is 14.3 Å². The van der Waals surface area contributed by atoms with Crippen LogP contribution in [0, 0.1) is 5.82 Å². The molecular formula is C28H28FN3O3. The van der Waals surface area contributed by atoms with Crippen molar-refractivity contribution in [3.63, 3.8) is 0 Å². The number of aryl methyl sites for hydroxylation is 1. The van der Waals surface area contributed by atoms with Gasteiger partial charge in [0.15, 0.2) is 0 Å². The maximum atomic E-state index is 13.8. The zero-order valence-electron chi connectivity index (χ0n) is 19.6. The number of carbonyl (C=O) groups excluding carboxylic acids is 1. The van der Waals surface area contributed by atoms with Crippen molar-refractivity contribution in [2.45, 2.75) is 38.3 Å². The topological polar surface area (TPSA) is 67.6 Å². The molecule has 2 heterocycles. The Kier molecular flexibility index (Phi) is 6.51. The summed E-state index contributed by atoms with van der Waals surface area (Å²) in [6.07, 6.45) is 0.462. The van der Waals surface area contributed by atoms with Gasteiger partial charge in [-0.2, -0.15) is 0 Å². The molecule has 1 aromatic heterocycles. The number of amides is 1. The second-order valence-corrected chi connectivity index (χ2v) is 8.92. The lowest BCUT2D eigenvalue weighted by Gasteiger charge is -2.19. The van der Waals surface area contributed by atoms with E-state index in [0.717, 1.165) is 23.3 Å². The van der Waals surface area contributed by atoms with Gasteiger partial charge in [0.05, 0.1) is 17.6 Å². The fraction of sp³-hybridized carbons (Fsp3) is 0.286. The zero-order valence-corrected chi connectivity index (χ0v) is 19.6. The van der Waals surface area contributed by atoms with Crippen molar-refractivity contribution < 1.29 is 19.0 Å². The van der Waals surface area contributed by atoms with Crippen molar-refractivity contribution in [1.82, 2.24) is 9.55 Å². The first-order valence-corrected chi connectivity index (χ1v) is 11.9. The first-order valence-electron chi connectivity index (χ1n) is 11.9. The maximum absolute atomic E-state index is 13.8. The number of ether oxygens (including phenoxy) is 1. The summed E-state index contributed by atoms with van der Waals surface area (Å²) in [5.74, 6) is 0.832. The fourth-order valence-corrected chi connectivity index (χ4v) is 4.65. The molecule has 0 spiro atoms. The van der Waals surface area contributed by atoms with Gasteiger partial charge in [0.2, 0.25) is 5.91 Å². The average molecular weight is 474 g/mol. The molecule has 0 radical (unpaired) electrons. The molecule has 1 amide bonds. The molecule has 6 nitrogen and oxygen atoms in total. The second-order valence-electron chi connectivity index (χ2n) is 8.92. The van der Waals surface area contributed by atoms with E-state index in [1.165, 1.54) is 17.7 Å². The molecule has 7 heteroatoms. The van der Waals surface area contributed by atoms with Crippen LogP contribution in [0.5, 0.6) is 5.75 Å². The standard InChI is InChI=1S/C28H28FN3O3/c1-2-19-10-12-24(13-11-19)35-18-23(33)17-32-26-9-4-3-8-25(26)30-28(32)20-14-27(34)31(16-20)22-7-5-6-21(29)15-22/h3-13,15,20,23,33H,2,14,16-18H2,1H3. The number of nitrogens with zero attached hydrogens (tertiary/aromatic N) is 3. The molecular weight excluding hydrogens is 445 g/mol. The summed E-state index contributed by atoms with van der Waals surface area (Å²) in [4.78, 5) is 19.3. The number of aliphatic hydroxyl groups excluding tert-OH is 1. The summed E-state index contributed by atoms with van der Waals surface area (Å²) in [6, 6.07) is 21.7. The van der Waals surface area contributed by atoms with E-state index in [0.29, 0.717) is 18.0 Å². The summed E-state index contributed by atoms with van der Waals surface area (Å²) in [6.45, 7) is 2.92. The van der Waals surface area contributed by atoms with Crippen LogP contribution in [0.4, 0.5) is 10.1 Å². The molecule has 1 N–H and O–H groups in total. The highest BCUT2D eigenvalue weighted by atomic mass is 19.1. The largest absolute Gasteiger partial charge is 0.491 e. The minimum atomic E-state index is -0.770. The van der Waals surface area contributed by atoms with Gasteiger partial charge in [0.1, 0.15) is 30.1 Å². The normalized spacial score (nSPS) is 16.7. The zero-order chi connectivity index (χ0) is 24.4. The van der Waals surface area contributed by atoms with Gasteiger partial charge < -0.3 is 19.3 Å². The molecule has 2 unspecified atom stereocenters. The van der Waals surface area contributed by atoms with Crippen molar-refractivity contribution in [3.8, 4) is 5.75 Å². The Labute approximate surface area is 203 Å². The van der Waals surface area contributed by atoms with Crippen LogP contribution in [-0.2, 0) is 17.8 Å². The Hall–Kier alpha value is -3.71. The number of para-hydroxylation sites is 2. The third kappa shape index (κ3) is 4.91. The van der Waals surface area contributed by atoms with Gasteiger partial charge in [0.25, 0.3) is 0 Å². The lowest BCUT2D eigenvalue weighted by molar-refractivity contribution is -0.117. The third-order valence-electron chi connectivity index (χ3n) is 6.46. The van der Waals surface area contributed by atoms with Crippen LogP contribution in [0.25, 0.3) is 11.0 Å². The average Bonchev–Trinajstić information content (AvgIpc) is 3.43. The van der Waals surface area contributed by atoms with Gasteiger partial charge in [-0.3, -0.25) is 4.79 Å². The Bertz CT molecular complexity index is 1340. The number of fused-ring (bicyclic) bond motifs is 1. The van der Waals surface area contributed by atoms with Gasteiger partial charge >= 0.3 is 0 Å². The number of hydrogen-bond acceptors (Lipinski definition) is 4. The van der Waals surface area contributed by atoms with Gasteiger partial charge in [-0.25, -0.2) is 9.37 Å². The number of imidazole rings is 1. The number of aromatic nitrogens is 2. The maximum Gasteiger partial charge on any atom is 0.227 e. The minimum absolute atomic E-state index is 0.0707. The van der Waals surface area contributed by atoms with Gasteiger partial charge in [-0.15, -0.1) is 0 Å². The first-order chi connectivity index (χ1) is 17.0. The van der Waals surface area contributed by atoms with E-state index >= 15 is 0 Å². The van der Waals surface area contributed by atoms with Crippen molar-refractivity contribution in [2.75, 3.05) is 18.1 Å². The lowest BCUT2D eigenvalue weighted by atomic mass is 10.1. The van der Waals surface area contributed by atoms with Crippen LogP contribution in [0.2, 0.25) is 0 Å². The minimum Gasteiger partial charge on any atom is -0.491 e. The van der Waals surface area contributed by atoms with E-state index in [-0.39, 0.29) is 37.2 Å². The number of aliphatic hydroxyl groups is 1. The molecule has 1 aliphatic heterocycles. The summed E-state index contributed by atoms with van der Waals surface area (Å²) < 4.78 is 21.6. The molecule has 1 saturated heterocycles. The molecule has 35 heavy (non-hydrogen) atoms. The molecule has 0 bridgehead atoms. The van der Waals surface area contributed by atoms with Crippen molar-refractivity contribution in [2.24, 2.45) is 0 Å². The quantitative estimate of drug-likeness (QED) is 0.403. The van der Waals surface area contributed by atoms with Crippen molar-refractivity contribution >= 4 is 22.6 Å². The fourth-order valence-electron chi connectivity index (χ4n) is 4.65. The van der Waals surface area contributed by atoms with E-state index < -0.39 is 6.10 Å². The van der Waals surface area contributed by atoms with Crippen LogP contribution >= 0.6 is 0 Å². The lowest BCUT2D eigenvalue weighted by Crippen LogP contribution is -2.26. The van der Waals surface area contributed by atoms with Crippen LogP contribution in [0.1, 0.15) is 30.7 Å². The van der Waals surface area contributed by atoms with Crippen LogP contribution in [-0.4, -0.2) is 39.8 Å². The summed E-state index contributed by atoms with van der Waals surface area (Å²) in [7, 11) is 0. The molecule has 2 atom stereocenters. The molecule has 0 saturated carbocycles. The van der Waals surface area contributed by atoms with Gasteiger partial charge in [-0.1, -0.05) is 37.3 Å². The number of hydrogen-bond donors (Lipinski definition) is 1. The number of halogens is 1. The Morgan fingerprint density at radius 3 is 2.69 bits per heavy atom. The first kappa shape index (κ1) is 23.1. The number of rotatable bonds is 8. The smallest absolute Gasteiger partial charge is 0.227 e. The number of carbonyl (C=O) groups is 1. The molecule has 0 aliphatic carbocycles. The third-order valence-corrected chi connectivity index (χ3v) is 6.46. The monoisotopic (exact) mass is 473 g/mol. The summed E-state index contributed by atoms with van der Waals surface area (Å²) in [5.41, 5.74) is 3.47. The van der Waals surface area contributed by atoms with Crippen molar-refractivity contribution in [1.29, 1.82) is 0 Å². The molecule has 5 rings (SSSR count). The predicted molar refractivity (Wildman–Crippen MR) is 133 cm³/mol. The van der Waals surface area contributed by atoms with E-state index in [2.05, 4.69) is 6.92 Å². The van der Waals surface area contributed by atoms with E-state index in [1.807, 2.05) is 53.1 Å². The highest BCUT2D eigenvalue weighted by molar-refractivity contribution is 5.96. The molecule has 4 aromatic rings. The second kappa shape index (κ2) is 9.88. The predicted octanol–water partition coefficient (Wildman–Crippen LogP) is 4.70.